The van der Waals surface area contributed by atoms with Gasteiger partial charge < -0.3 is 11.5 Å². The fourth-order valence-electron chi connectivity index (χ4n) is 1.53. The first-order valence-electron chi connectivity index (χ1n) is 5.15. The van der Waals surface area contributed by atoms with Gasteiger partial charge in [-0.2, -0.15) is 0 Å². The van der Waals surface area contributed by atoms with Crippen molar-refractivity contribution < 1.29 is 0 Å². The van der Waals surface area contributed by atoms with Crippen LogP contribution in [-0.2, 0) is 6.42 Å². The van der Waals surface area contributed by atoms with Crippen LogP contribution in [0.4, 0.5) is 5.95 Å². The highest BCUT2D eigenvalue weighted by atomic mass is 16.1. The van der Waals surface area contributed by atoms with Crippen molar-refractivity contribution in [1.29, 1.82) is 0 Å². The van der Waals surface area contributed by atoms with Crippen LogP contribution in [0, 0.1) is 0 Å². The Kier molecular flexibility index (Phi) is 3.85. The van der Waals surface area contributed by atoms with Gasteiger partial charge in [0.25, 0.3) is 5.56 Å². The number of hydrogen-bond donors (Lipinski definition) is 3. The number of nitrogens with two attached hydrogens (primary N) is 2. The molecule has 15 heavy (non-hydrogen) atoms. The van der Waals surface area contributed by atoms with Crippen molar-refractivity contribution in [3.05, 3.63) is 21.6 Å². The summed E-state index contributed by atoms with van der Waals surface area (Å²) in [6, 6.07) is 0. The molecule has 1 aromatic rings. The van der Waals surface area contributed by atoms with Crippen LogP contribution >= 0.6 is 0 Å². The van der Waals surface area contributed by atoms with Crippen LogP contribution in [0.25, 0.3) is 0 Å². The van der Waals surface area contributed by atoms with E-state index < -0.39 is 0 Å². The molecule has 0 radical (unpaired) electrons. The number of nitrogen functional groups attached to an aromatic ring is 1. The second-order valence-electron chi connectivity index (χ2n) is 3.86. The molecule has 5 N–H and O–H groups in total. The smallest absolute Gasteiger partial charge is 0.255 e. The van der Waals surface area contributed by atoms with E-state index in [0.717, 1.165) is 12.1 Å². The van der Waals surface area contributed by atoms with Gasteiger partial charge in [-0.1, -0.05) is 13.8 Å². The van der Waals surface area contributed by atoms with Gasteiger partial charge in [-0.3, -0.25) is 9.78 Å². The van der Waals surface area contributed by atoms with Crippen LogP contribution in [0.2, 0.25) is 0 Å². The Labute approximate surface area is 88.9 Å². The van der Waals surface area contributed by atoms with Crippen molar-refractivity contribution >= 4 is 5.95 Å². The minimum Gasteiger partial charge on any atom is -0.369 e. The number of aromatic nitrogens is 2. The predicted molar refractivity (Wildman–Crippen MR) is 60.7 cm³/mol. The molecule has 0 saturated heterocycles. The van der Waals surface area contributed by atoms with Crippen molar-refractivity contribution in [2.45, 2.75) is 32.6 Å². The molecule has 1 heterocycles. The van der Waals surface area contributed by atoms with Gasteiger partial charge in [-0.15, -0.1) is 0 Å². The maximum atomic E-state index is 11.7. The molecular weight excluding hydrogens is 192 g/mol. The van der Waals surface area contributed by atoms with Crippen LogP contribution in [-0.4, -0.2) is 16.5 Å². The summed E-state index contributed by atoms with van der Waals surface area (Å²) < 4.78 is 0. The number of anilines is 1. The van der Waals surface area contributed by atoms with E-state index in [0.29, 0.717) is 18.5 Å². The molecular formula is C10H18N4O. The Bertz CT molecular complexity index is 383. The largest absolute Gasteiger partial charge is 0.369 e. The molecule has 1 rings (SSSR count). The van der Waals surface area contributed by atoms with E-state index in [4.69, 9.17) is 11.5 Å². The third kappa shape index (κ3) is 2.79. The number of rotatable bonds is 4. The molecule has 0 aromatic carbocycles. The van der Waals surface area contributed by atoms with Gasteiger partial charge in [0.05, 0.1) is 5.69 Å². The second kappa shape index (κ2) is 4.93. The lowest BCUT2D eigenvalue weighted by Crippen LogP contribution is -2.21. The SMILES string of the molecule is CC(C)c1nc(N)[nH]c(=O)c1CCCN. The summed E-state index contributed by atoms with van der Waals surface area (Å²) in [5.74, 6) is 0.377. The molecule has 0 saturated carbocycles. The van der Waals surface area contributed by atoms with Crippen LogP contribution in [0.3, 0.4) is 0 Å². The van der Waals surface area contributed by atoms with Gasteiger partial charge >= 0.3 is 0 Å². The lowest BCUT2D eigenvalue weighted by molar-refractivity contribution is 0.749. The zero-order chi connectivity index (χ0) is 11.4. The molecule has 5 nitrogen and oxygen atoms in total. The molecule has 0 aliphatic rings. The molecule has 0 fully saturated rings. The number of nitrogens with zero attached hydrogens (tertiary/aromatic N) is 1. The molecule has 0 amide bonds. The summed E-state index contributed by atoms with van der Waals surface area (Å²) in [5.41, 5.74) is 12.3. The fourth-order valence-corrected chi connectivity index (χ4v) is 1.53. The van der Waals surface area contributed by atoms with E-state index in [1.54, 1.807) is 0 Å². The van der Waals surface area contributed by atoms with Gasteiger partial charge in [0.15, 0.2) is 0 Å². The summed E-state index contributed by atoms with van der Waals surface area (Å²) in [7, 11) is 0. The second-order valence-corrected chi connectivity index (χ2v) is 3.86. The normalized spacial score (nSPS) is 10.9. The minimum absolute atomic E-state index is 0.139. The van der Waals surface area contributed by atoms with E-state index in [2.05, 4.69) is 9.97 Å². The lowest BCUT2D eigenvalue weighted by Gasteiger charge is -2.10. The van der Waals surface area contributed by atoms with Crippen LogP contribution in [0.5, 0.6) is 0 Å². The summed E-state index contributed by atoms with van der Waals surface area (Å²) in [4.78, 5) is 18.3. The third-order valence-electron chi connectivity index (χ3n) is 2.24. The number of hydrogen-bond acceptors (Lipinski definition) is 4. The molecule has 0 unspecified atom stereocenters. The van der Waals surface area contributed by atoms with Gasteiger partial charge in [0.1, 0.15) is 0 Å². The standard InChI is InChI=1S/C10H18N4O/c1-6(2)8-7(4-3-5-11)9(15)14-10(12)13-8/h6H,3-5,11H2,1-2H3,(H3,12,13,14,15). The number of nitrogens with one attached hydrogen (secondary N) is 1. The number of H-pyrrole nitrogens is 1. The molecule has 0 bridgehead atoms. The summed E-state index contributed by atoms with van der Waals surface area (Å²) >= 11 is 0. The first kappa shape index (κ1) is 11.7. The van der Waals surface area contributed by atoms with Crippen molar-refractivity contribution in [3.63, 3.8) is 0 Å². The molecule has 0 atom stereocenters. The Balaban J connectivity index is 3.15. The first-order chi connectivity index (χ1) is 7.06. The van der Waals surface area contributed by atoms with E-state index in [1.165, 1.54) is 0 Å². The highest BCUT2D eigenvalue weighted by Gasteiger charge is 2.12. The summed E-state index contributed by atoms with van der Waals surface area (Å²) in [6.07, 6.45) is 1.45. The molecule has 0 spiro atoms. The van der Waals surface area contributed by atoms with Gasteiger partial charge in [0, 0.05) is 5.56 Å². The Morgan fingerprint density at radius 1 is 1.47 bits per heavy atom. The zero-order valence-corrected chi connectivity index (χ0v) is 9.21. The van der Waals surface area contributed by atoms with Gasteiger partial charge in [0.2, 0.25) is 5.95 Å². The average molecular weight is 210 g/mol. The van der Waals surface area contributed by atoms with E-state index in [-0.39, 0.29) is 17.4 Å². The van der Waals surface area contributed by atoms with Crippen molar-refractivity contribution in [3.8, 4) is 0 Å². The highest BCUT2D eigenvalue weighted by molar-refractivity contribution is 5.27. The average Bonchev–Trinajstić information content (AvgIpc) is 2.15. The highest BCUT2D eigenvalue weighted by Crippen LogP contribution is 2.15. The van der Waals surface area contributed by atoms with Crippen LogP contribution in [0.15, 0.2) is 4.79 Å². The van der Waals surface area contributed by atoms with Gasteiger partial charge in [-0.25, -0.2) is 4.98 Å². The maximum Gasteiger partial charge on any atom is 0.255 e. The molecule has 5 heteroatoms. The minimum atomic E-state index is -0.139. The Morgan fingerprint density at radius 3 is 2.67 bits per heavy atom. The topological polar surface area (TPSA) is 97.8 Å². The molecule has 84 valence electrons. The monoisotopic (exact) mass is 210 g/mol. The quantitative estimate of drug-likeness (QED) is 0.668. The summed E-state index contributed by atoms with van der Waals surface area (Å²) in [6.45, 7) is 4.56. The predicted octanol–water partition coefficient (Wildman–Crippen LogP) is 0.367. The van der Waals surface area contributed by atoms with Crippen molar-refractivity contribution in [2.24, 2.45) is 5.73 Å². The van der Waals surface area contributed by atoms with E-state index in [1.807, 2.05) is 13.8 Å². The van der Waals surface area contributed by atoms with E-state index in [9.17, 15) is 4.79 Å². The van der Waals surface area contributed by atoms with E-state index >= 15 is 0 Å². The number of aromatic amines is 1. The zero-order valence-electron chi connectivity index (χ0n) is 9.21. The van der Waals surface area contributed by atoms with Crippen LogP contribution < -0.4 is 17.0 Å². The Hall–Kier alpha value is -1.36. The van der Waals surface area contributed by atoms with Crippen LogP contribution in [0.1, 0.15) is 37.4 Å². The third-order valence-corrected chi connectivity index (χ3v) is 2.24. The molecule has 1 aromatic heterocycles. The van der Waals surface area contributed by atoms with Crippen molar-refractivity contribution in [1.82, 2.24) is 9.97 Å². The summed E-state index contributed by atoms with van der Waals surface area (Å²) in [5, 5.41) is 0. The lowest BCUT2D eigenvalue weighted by atomic mass is 10.0. The Morgan fingerprint density at radius 2 is 2.13 bits per heavy atom. The molecule has 0 aliphatic carbocycles. The molecule has 0 aliphatic heterocycles. The van der Waals surface area contributed by atoms with Gasteiger partial charge in [-0.05, 0) is 25.3 Å². The fraction of sp³-hybridized carbons (Fsp3) is 0.600. The maximum absolute atomic E-state index is 11.7. The van der Waals surface area contributed by atoms with Crippen molar-refractivity contribution in [2.75, 3.05) is 12.3 Å². The first-order valence-corrected chi connectivity index (χ1v) is 5.15.